The van der Waals surface area contributed by atoms with Gasteiger partial charge in [0.05, 0.1) is 27.9 Å². The maximum absolute atomic E-state index is 13.3. The molecule has 2 heterocycles. The van der Waals surface area contributed by atoms with Gasteiger partial charge in [-0.2, -0.15) is 5.10 Å². The molecule has 0 atom stereocenters. The van der Waals surface area contributed by atoms with Gasteiger partial charge in [0.25, 0.3) is 11.8 Å². The highest BCUT2D eigenvalue weighted by atomic mass is 16.2. The van der Waals surface area contributed by atoms with Gasteiger partial charge in [0.15, 0.2) is 5.65 Å². The lowest BCUT2D eigenvalue weighted by molar-refractivity contribution is 0.0952. The van der Waals surface area contributed by atoms with Gasteiger partial charge in [0.2, 0.25) is 0 Å². The highest BCUT2D eigenvalue weighted by Crippen LogP contribution is 2.40. The van der Waals surface area contributed by atoms with E-state index in [-0.39, 0.29) is 17.9 Å². The number of aryl methyl sites for hydroxylation is 2. The number of hydrogen-bond acceptors (Lipinski definition) is 4. The van der Waals surface area contributed by atoms with Crippen molar-refractivity contribution in [2.24, 2.45) is 7.05 Å². The third-order valence-electron chi connectivity index (χ3n) is 5.56. The lowest BCUT2D eigenvalue weighted by atomic mass is 10.1. The van der Waals surface area contributed by atoms with E-state index in [9.17, 15) is 9.59 Å². The van der Waals surface area contributed by atoms with Gasteiger partial charge in [0, 0.05) is 24.7 Å². The van der Waals surface area contributed by atoms with Gasteiger partial charge >= 0.3 is 0 Å². The Kier molecular flexibility index (Phi) is 4.12. The molecule has 2 amide bonds. The fourth-order valence-corrected chi connectivity index (χ4v) is 3.70. The van der Waals surface area contributed by atoms with E-state index >= 15 is 0 Å². The number of benzene rings is 1. The van der Waals surface area contributed by atoms with E-state index in [1.165, 1.54) is 0 Å². The molecule has 5 rings (SSSR count). The van der Waals surface area contributed by atoms with E-state index in [1.807, 2.05) is 26.1 Å². The number of rotatable bonds is 5. The zero-order valence-corrected chi connectivity index (χ0v) is 16.5. The van der Waals surface area contributed by atoms with Crippen molar-refractivity contribution < 1.29 is 9.59 Å². The number of nitrogens with zero attached hydrogens (tertiary/aromatic N) is 3. The summed E-state index contributed by atoms with van der Waals surface area (Å²) in [4.78, 5) is 30.6. The van der Waals surface area contributed by atoms with Crippen LogP contribution >= 0.6 is 0 Å². The van der Waals surface area contributed by atoms with Gasteiger partial charge in [-0.1, -0.05) is 12.1 Å². The normalized spacial score (nSPS) is 16.1. The smallest absolute Gasteiger partial charge is 0.256 e. The van der Waals surface area contributed by atoms with Crippen molar-refractivity contribution in [2.45, 2.75) is 44.6 Å². The number of carbonyl (C=O) groups is 2. The molecule has 3 aromatic rings. The van der Waals surface area contributed by atoms with Crippen molar-refractivity contribution >= 4 is 28.5 Å². The first kappa shape index (κ1) is 17.8. The van der Waals surface area contributed by atoms with Crippen LogP contribution in [0.15, 0.2) is 30.3 Å². The van der Waals surface area contributed by atoms with Crippen LogP contribution in [-0.2, 0) is 7.05 Å². The van der Waals surface area contributed by atoms with Crippen molar-refractivity contribution in [1.82, 2.24) is 20.1 Å². The highest BCUT2D eigenvalue weighted by Gasteiger charge is 2.29. The predicted octanol–water partition coefficient (Wildman–Crippen LogP) is 3.30. The third-order valence-corrected chi connectivity index (χ3v) is 5.56. The fraction of sp³-hybridized carbons (Fsp3) is 0.364. The Labute approximate surface area is 168 Å². The molecule has 148 valence electrons. The summed E-state index contributed by atoms with van der Waals surface area (Å²) < 4.78 is 1.73. The van der Waals surface area contributed by atoms with Gasteiger partial charge in [-0.15, -0.1) is 0 Å². The molecule has 2 N–H and O–H groups in total. The molecule has 0 unspecified atom stereocenters. The standard InChI is InChI=1S/C22H23N5O2/c1-12-19-16(11-18(13-7-8-13)24-20(19)27(2)26-12)22(29)25-17-6-4-3-5-15(17)21(28)23-14-9-10-14/h3-6,11,13-14H,7-10H2,1-2H3,(H,23,28)(H,25,29). The number of aromatic nitrogens is 3. The SMILES string of the molecule is Cc1nn(C)c2nc(C3CC3)cc(C(=O)Nc3ccccc3C(=O)NC3CC3)c12. The minimum atomic E-state index is -0.248. The van der Waals surface area contributed by atoms with Gasteiger partial charge in [0.1, 0.15) is 0 Å². The summed E-state index contributed by atoms with van der Waals surface area (Å²) in [5, 5.41) is 11.2. The molecule has 7 nitrogen and oxygen atoms in total. The third kappa shape index (κ3) is 3.37. The molecule has 0 spiro atoms. The second kappa shape index (κ2) is 6.69. The average Bonchev–Trinajstić information content (AvgIpc) is 3.62. The van der Waals surface area contributed by atoms with Gasteiger partial charge in [-0.25, -0.2) is 4.98 Å². The first-order valence-corrected chi connectivity index (χ1v) is 10.1. The number of anilines is 1. The average molecular weight is 389 g/mol. The highest BCUT2D eigenvalue weighted by molar-refractivity contribution is 6.14. The lowest BCUT2D eigenvalue weighted by Gasteiger charge is -2.12. The second-order valence-electron chi connectivity index (χ2n) is 8.02. The van der Waals surface area contributed by atoms with Crippen LogP contribution in [0.3, 0.4) is 0 Å². The predicted molar refractivity (Wildman–Crippen MR) is 110 cm³/mol. The summed E-state index contributed by atoms with van der Waals surface area (Å²) in [6.07, 6.45) is 4.22. The van der Waals surface area contributed by atoms with E-state index in [2.05, 4.69) is 15.7 Å². The van der Waals surface area contributed by atoms with Crippen molar-refractivity contribution in [3.63, 3.8) is 0 Å². The number of pyridine rings is 1. The summed E-state index contributed by atoms with van der Waals surface area (Å²) in [7, 11) is 1.85. The van der Waals surface area contributed by atoms with Crippen LogP contribution in [0.25, 0.3) is 11.0 Å². The molecule has 0 bridgehead atoms. The summed E-state index contributed by atoms with van der Waals surface area (Å²) in [5.74, 6) is 0.0133. The molecule has 0 saturated heterocycles. The molecule has 0 radical (unpaired) electrons. The van der Waals surface area contributed by atoms with Crippen LogP contribution in [-0.4, -0.2) is 32.6 Å². The molecule has 2 aliphatic carbocycles. The fourth-order valence-electron chi connectivity index (χ4n) is 3.70. The van der Waals surface area contributed by atoms with Crippen molar-refractivity contribution in [2.75, 3.05) is 5.32 Å². The van der Waals surface area contributed by atoms with Crippen LogP contribution in [0.5, 0.6) is 0 Å². The zero-order valence-electron chi connectivity index (χ0n) is 16.5. The molecule has 2 fully saturated rings. The molecular weight excluding hydrogens is 366 g/mol. The molecule has 2 aromatic heterocycles. The maximum Gasteiger partial charge on any atom is 0.256 e. The lowest BCUT2D eigenvalue weighted by Crippen LogP contribution is -2.27. The number of fused-ring (bicyclic) bond motifs is 1. The quantitative estimate of drug-likeness (QED) is 0.701. The molecule has 29 heavy (non-hydrogen) atoms. The van der Waals surface area contributed by atoms with E-state index in [1.54, 1.807) is 22.9 Å². The minimum absolute atomic E-state index is 0.153. The number of carbonyl (C=O) groups excluding carboxylic acids is 2. The monoisotopic (exact) mass is 389 g/mol. The van der Waals surface area contributed by atoms with Gasteiger partial charge in [-0.3, -0.25) is 14.3 Å². The van der Waals surface area contributed by atoms with Crippen molar-refractivity contribution in [3.8, 4) is 0 Å². The Hall–Kier alpha value is -3.22. The van der Waals surface area contributed by atoms with Crippen LogP contribution in [0.2, 0.25) is 0 Å². The zero-order chi connectivity index (χ0) is 20.1. The number of nitrogens with one attached hydrogen (secondary N) is 2. The molecule has 0 aliphatic heterocycles. The summed E-state index contributed by atoms with van der Waals surface area (Å²) in [6.45, 7) is 1.88. The van der Waals surface area contributed by atoms with Crippen molar-refractivity contribution in [3.05, 3.63) is 52.8 Å². The Morgan fingerprint density at radius 1 is 1.07 bits per heavy atom. The molecule has 2 aliphatic rings. The first-order chi connectivity index (χ1) is 14.0. The molecule has 2 saturated carbocycles. The Balaban J connectivity index is 1.52. The van der Waals surface area contributed by atoms with Crippen molar-refractivity contribution in [1.29, 1.82) is 0 Å². The first-order valence-electron chi connectivity index (χ1n) is 10.1. The second-order valence-corrected chi connectivity index (χ2v) is 8.02. The van der Waals surface area contributed by atoms with Gasteiger partial charge < -0.3 is 10.6 Å². The maximum atomic E-state index is 13.3. The van der Waals surface area contributed by atoms with E-state index in [0.29, 0.717) is 22.7 Å². The number of amides is 2. The number of para-hydroxylation sites is 1. The topological polar surface area (TPSA) is 88.9 Å². The van der Waals surface area contributed by atoms with Crippen LogP contribution in [0.1, 0.15) is 63.7 Å². The minimum Gasteiger partial charge on any atom is -0.349 e. The van der Waals surface area contributed by atoms with E-state index in [4.69, 9.17) is 4.98 Å². The summed E-state index contributed by atoms with van der Waals surface area (Å²) in [5.41, 5.74) is 3.96. The Bertz CT molecular complexity index is 1140. The molecule has 1 aromatic carbocycles. The molecule has 7 heteroatoms. The largest absolute Gasteiger partial charge is 0.349 e. The van der Waals surface area contributed by atoms with Crippen LogP contribution in [0.4, 0.5) is 5.69 Å². The summed E-state index contributed by atoms with van der Waals surface area (Å²) >= 11 is 0. The van der Waals surface area contributed by atoms with E-state index < -0.39 is 0 Å². The summed E-state index contributed by atoms with van der Waals surface area (Å²) in [6, 6.07) is 9.26. The molecular formula is C22H23N5O2. The van der Waals surface area contributed by atoms with Gasteiger partial charge in [-0.05, 0) is 50.8 Å². The van der Waals surface area contributed by atoms with E-state index in [0.717, 1.165) is 48.1 Å². The Morgan fingerprint density at radius 2 is 1.83 bits per heavy atom. The number of hydrogen-bond donors (Lipinski definition) is 2. The Morgan fingerprint density at radius 3 is 2.55 bits per heavy atom. The van der Waals surface area contributed by atoms with Crippen LogP contribution in [0, 0.1) is 6.92 Å². The van der Waals surface area contributed by atoms with Crippen LogP contribution < -0.4 is 10.6 Å².